The van der Waals surface area contributed by atoms with E-state index in [1.54, 1.807) is 6.20 Å². The van der Waals surface area contributed by atoms with Gasteiger partial charge in [-0.25, -0.2) is 0 Å². The van der Waals surface area contributed by atoms with Gasteiger partial charge in [-0.2, -0.15) is 5.10 Å². The molecule has 0 unspecified atom stereocenters. The Hall–Kier alpha value is -0.390. The number of aromatic nitrogens is 2. The Bertz CT molecular complexity index is 257. The maximum absolute atomic E-state index is 10.4. The van der Waals surface area contributed by atoms with Crippen LogP contribution in [0.3, 0.4) is 0 Å². The van der Waals surface area contributed by atoms with Crippen molar-refractivity contribution in [2.24, 2.45) is 0 Å². The minimum atomic E-state index is 0.680. The van der Waals surface area contributed by atoms with E-state index in [2.05, 4.69) is 34.6 Å². The van der Waals surface area contributed by atoms with Crippen molar-refractivity contribution in [3.8, 4) is 0 Å². The fourth-order valence-electron chi connectivity index (χ4n) is 0.832. The van der Waals surface area contributed by atoms with Crippen LogP contribution in [0.15, 0.2) is 6.20 Å². The minimum Gasteiger partial charge on any atom is -0.298 e. The zero-order valence-electron chi connectivity index (χ0n) is 6.25. The highest BCUT2D eigenvalue weighted by Crippen LogP contribution is 2.09. The molecule has 0 spiro atoms. The summed E-state index contributed by atoms with van der Waals surface area (Å²) in [5.74, 6) is 0. The fraction of sp³-hybridized carbons (Fsp3) is 0.429. The molecule has 0 radical (unpaired) electrons. The first-order valence-electron chi connectivity index (χ1n) is 3.46. The van der Waals surface area contributed by atoms with Gasteiger partial charge < -0.3 is 0 Å². The van der Waals surface area contributed by atoms with E-state index in [-0.39, 0.29) is 0 Å². The SMILES string of the molecule is CCCn1ncc(C=O)c1I. The van der Waals surface area contributed by atoms with Gasteiger partial charge in [-0.15, -0.1) is 0 Å². The fourth-order valence-corrected chi connectivity index (χ4v) is 1.46. The number of nitrogens with zero attached hydrogens (tertiary/aromatic N) is 2. The second-order valence-corrected chi connectivity index (χ2v) is 3.25. The summed E-state index contributed by atoms with van der Waals surface area (Å²) >= 11 is 2.13. The number of hydrogen-bond acceptors (Lipinski definition) is 2. The Labute approximate surface area is 78.9 Å². The first kappa shape index (κ1) is 8.70. The molecule has 0 aromatic carbocycles. The molecule has 1 heterocycles. The first-order valence-corrected chi connectivity index (χ1v) is 4.54. The van der Waals surface area contributed by atoms with Gasteiger partial charge in [0.15, 0.2) is 6.29 Å². The molecule has 0 fully saturated rings. The standard InChI is InChI=1S/C7H9IN2O/c1-2-3-10-7(8)6(5-11)4-9-10/h4-5H,2-3H2,1H3. The van der Waals surface area contributed by atoms with Crippen molar-refractivity contribution in [1.29, 1.82) is 0 Å². The largest absolute Gasteiger partial charge is 0.298 e. The third kappa shape index (κ3) is 1.79. The number of halogens is 1. The molecule has 60 valence electrons. The maximum atomic E-state index is 10.4. The molecule has 3 nitrogen and oxygen atoms in total. The zero-order chi connectivity index (χ0) is 8.27. The van der Waals surface area contributed by atoms with E-state index in [1.807, 2.05) is 4.68 Å². The molecule has 0 aliphatic rings. The molecule has 11 heavy (non-hydrogen) atoms. The zero-order valence-corrected chi connectivity index (χ0v) is 8.41. The summed E-state index contributed by atoms with van der Waals surface area (Å²) in [6.07, 6.45) is 3.47. The number of carbonyl (C=O) groups excluding carboxylic acids is 1. The van der Waals surface area contributed by atoms with Gasteiger partial charge in [0.25, 0.3) is 0 Å². The average Bonchev–Trinajstić information content (AvgIpc) is 2.34. The number of hydrogen-bond donors (Lipinski definition) is 0. The van der Waals surface area contributed by atoms with Gasteiger partial charge in [-0.1, -0.05) is 6.92 Å². The molecule has 0 aliphatic heterocycles. The third-order valence-electron chi connectivity index (χ3n) is 1.36. The highest BCUT2D eigenvalue weighted by molar-refractivity contribution is 14.1. The first-order chi connectivity index (χ1) is 5.29. The van der Waals surface area contributed by atoms with Crippen LogP contribution in [0.2, 0.25) is 0 Å². The van der Waals surface area contributed by atoms with Crippen molar-refractivity contribution < 1.29 is 4.79 Å². The molecular weight excluding hydrogens is 255 g/mol. The maximum Gasteiger partial charge on any atom is 0.154 e. The lowest BCUT2D eigenvalue weighted by molar-refractivity contribution is 0.112. The van der Waals surface area contributed by atoms with Crippen molar-refractivity contribution in [1.82, 2.24) is 9.78 Å². The minimum absolute atomic E-state index is 0.680. The molecule has 0 atom stereocenters. The van der Waals surface area contributed by atoms with Crippen molar-refractivity contribution in [2.75, 3.05) is 0 Å². The summed E-state index contributed by atoms with van der Waals surface area (Å²) in [4.78, 5) is 10.4. The van der Waals surface area contributed by atoms with Gasteiger partial charge in [0.2, 0.25) is 0 Å². The van der Waals surface area contributed by atoms with E-state index in [1.165, 1.54) is 0 Å². The smallest absolute Gasteiger partial charge is 0.154 e. The molecule has 4 heteroatoms. The topological polar surface area (TPSA) is 34.9 Å². The summed E-state index contributed by atoms with van der Waals surface area (Å²) < 4.78 is 2.77. The molecule has 0 N–H and O–H groups in total. The number of aryl methyl sites for hydroxylation is 1. The summed E-state index contributed by atoms with van der Waals surface area (Å²) in [5.41, 5.74) is 0.680. The van der Waals surface area contributed by atoms with Gasteiger partial charge in [-0.05, 0) is 29.0 Å². The van der Waals surface area contributed by atoms with Crippen LogP contribution >= 0.6 is 22.6 Å². The lowest BCUT2D eigenvalue weighted by atomic mass is 10.4. The van der Waals surface area contributed by atoms with Crippen molar-refractivity contribution in [2.45, 2.75) is 19.9 Å². The van der Waals surface area contributed by atoms with Gasteiger partial charge in [-0.3, -0.25) is 9.48 Å². The van der Waals surface area contributed by atoms with E-state index in [9.17, 15) is 4.79 Å². The van der Waals surface area contributed by atoms with Gasteiger partial charge in [0.05, 0.1) is 11.8 Å². The Morgan fingerprint density at radius 3 is 3.00 bits per heavy atom. The lowest BCUT2D eigenvalue weighted by Crippen LogP contribution is -2.01. The Kier molecular flexibility index (Phi) is 3.04. The molecule has 0 aliphatic carbocycles. The van der Waals surface area contributed by atoms with Crippen LogP contribution in [0.25, 0.3) is 0 Å². The van der Waals surface area contributed by atoms with E-state index in [0.717, 1.165) is 23.0 Å². The molecule has 0 saturated heterocycles. The van der Waals surface area contributed by atoms with Crippen LogP contribution in [0.1, 0.15) is 23.7 Å². The van der Waals surface area contributed by atoms with Crippen molar-refractivity contribution in [3.05, 3.63) is 15.5 Å². The molecule has 0 bridgehead atoms. The number of rotatable bonds is 3. The predicted octanol–water partition coefficient (Wildman–Crippen LogP) is 1.71. The van der Waals surface area contributed by atoms with Gasteiger partial charge >= 0.3 is 0 Å². The summed E-state index contributed by atoms with van der Waals surface area (Å²) in [5, 5.41) is 4.05. The van der Waals surface area contributed by atoms with Crippen LogP contribution in [0, 0.1) is 3.70 Å². The summed E-state index contributed by atoms with van der Waals surface area (Å²) in [6.45, 7) is 2.96. The Morgan fingerprint density at radius 2 is 2.55 bits per heavy atom. The highest BCUT2D eigenvalue weighted by Gasteiger charge is 2.04. The van der Waals surface area contributed by atoms with Gasteiger partial charge in [0, 0.05) is 6.54 Å². The second kappa shape index (κ2) is 3.85. The normalized spacial score (nSPS) is 10.0. The highest BCUT2D eigenvalue weighted by atomic mass is 127. The van der Waals surface area contributed by atoms with Crippen LogP contribution in [0.5, 0.6) is 0 Å². The number of aldehydes is 1. The van der Waals surface area contributed by atoms with Crippen LogP contribution in [-0.2, 0) is 6.54 Å². The predicted molar refractivity (Wildman–Crippen MR) is 50.6 cm³/mol. The van der Waals surface area contributed by atoms with Crippen LogP contribution < -0.4 is 0 Å². The monoisotopic (exact) mass is 264 g/mol. The molecule has 1 aromatic rings. The van der Waals surface area contributed by atoms with Crippen molar-refractivity contribution >= 4 is 28.9 Å². The lowest BCUT2D eigenvalue weighted by Gasteiger charge is -1.98. The molecule has 0 saturated carbocycles. The van der Waals surface area contributed by atoms with Crippen LogP contribution in [-0.4, -0.2) is 16.1 Å². The quantitative estimate of drug-likeness (QED) is 0.615. The Balaban J connectivity index is 2.90. The van der Waals surface area contributed by atoms with E-state index >= 15 is 0 Å². The number of carbonyl (C=O) groups is 1. The average molecular weight is 264 g/mol. The summed E-state index contributed by atoms with van der Waals surface area (Å²) in [7, 11) is 0. The molecule has 1 aromatic heterocycles. The van der Waals surface area contributed by atoms with E-state index < -0.39 is 0 Å². The second-order valence-electron chi connectivity index (χ2n) is 2.23. The molecule has 1 rings (SSSR count). The van der Waals surface area contributed by atoms with Crippen molar-refractivity contribution in [3.63, 3.8) is 0 Å². The molecular formula is C7H9IN2O. The summed E-state index contributed by atoms with van der Waals surface area (Å²) in [6, 6.07) is 0. The van der Waals surface area contributed by atoms with E-state index in [4.69, 9.17) is 0 Å². The molecule has 0 amide bonds. The van der Waals surface area contributed by atoms with Crippen LogP contribution in [0.4, 0.5) is 0 Å². The van der Waals surface area contributed by atoms with E-state index in [0.29, 0.717) is 5.56 Å². The van der Waals surface area contributed by atoms with Gasteiger partial charge in [0.1, 0.15) is 3.70 Å². The Morgan fingerprint density at radius 1 is 1.82 bits per heavy atom. The third-order valence-corrected chi connectivity index (χ3v) is 2.54.